The first-order chi connectivity index (χ1) is 14.8. The number of halogens is 1. The normalized spacial score (nSPS) is 14.9. The summed E-state index contributed by atoms with van der Waals surface area (Å²) in [7, 11) is 1.27. The van der Waals surface area contributed by atoms with E-state index in [-0.39, 0.29) is 24.1 Å². The van der Waals surface area contributed by atoms with Crippen molar-refractivity contribution in [1.29, 1.82) is 0 Å². The average molecular weight is 447 g/mol. The van der Waals surface area contributed by atoms with Crippen LogP contribution in [0.25, 0.3) is 5.69 Å². The number of carbonyl (C=O) groups is 3. The molecule has 1 amide bonds. The second kappa shape index (κ2) is 9.78. The van der Waals surface area contributed by atoms with E-state index in [1.165, 1.54) is 42.0 Å². The summed E-state index contributed by atoms with van der Waals surface area (Å²) in [6, 6.07) is 5.80. The Balaban J connectivity index is 1.60. The Morgan fingerprint density at radius 3 is 2.65 bits per heavy atom. The van der Waals surface area contributed by atoms with E-state index in [1.807, 2.05) is 0 Å². The molecule has 1 aromatic carbocycles. The van der Waals surface area contributed by atoms with E-state index >= 15 is 0 Å². The second-order valence-electron chi connectivity index (χ2n) is 6.76. The number of carbonyl (C=O) groups excluding carboxylic acids is 3. The van der Waals surface area contributed by atoms with Gasteiger partial charge < -0.3 is 14.4 Å². The summed E-state index contributed by atoms with van der Waals surface area (Å²) in [6.07, 6.45) is 1.68. The van der Waals surface area contributed by atoms with Crippen LogP contribution in [0.2, 0.25) is 0 Å². The standard InChI is InChI=1S/C21H22FN3O5S/c1-13-20(14(2)25(23-13)16-7-5-15(22)6-8-16)21(28)30-10-4-9-24-17(26)12-31-18(24)11-19(27)29-3/h5-8,11H,4,9-10,12H2,1-3H3/b18-11+. The molecule has 0 radical (unpaired) electrons. The van der Waals surface area contributed by atoms with Crippen molar-refractivity contribution in [2.45, 2.75) is 20.3 Å². The third kappa shape index (κ3) is 5.13. The first kappa shape index (κ1) is 22.5. The first-order valence-electron chi connectivity index (χ1n) is 9.54. The number of rotatable bonds is 7. The van der Waals surface area contributed by atoms with Crippen LogP contribution >= 0.6 is 11.8 Å². The summed E-state index contributed by atoms with van der Waals surface area (Å²) < 4.78 is 24.7. The van der Waals surface area contributed by atoms with Gasteiger partial charge in [0.1, 0.15) is 11.4 Å². The largest absolute Gasteiger partial charge is 0.466 e. The van der Waals surface area contributed by atoms with Gasteiger partial charge in [-0.25, -0.2) is 18.7 Å². The Bertz CT molecular complexity index is 1030. The second-order valence-corrected chi connectivity index (χ2v) is 7.76. The molecule has 0 atom stereocenters. The van der Waals surface area contributed by atoms with Gasteiger partial charge >= 0.3 is 11.9 Å². The zero-order chi connectivity index (χ0) is 22.5. The van der Waals surface area contributed by atoms with Crippen molar-refractivity contribution in [3.8, 4) is 5.69 Å². The molecule has 0 saturated carbocycles. The summed E-state index contributed by atoms with van der Waals surface area (Å²) in [5.74, 6) is -1.26. The molecule has 0 bridgehead atoms. The third-order valence-electron chi connectivity index (χ3n) is 4.68. The topological polar surface area (TPSA) is 90.7 Å². The maximum absolute atomic E-state index is 13.2. The lowest BCUT2D eigenvalue weighted by Gasteiger charge is -2.16. The molecular formula is C21H22FN3O5S. The molecule has 8 nitrogen and oxygen atoms in total. The molecule has 0 spiro atoms. The number of thioether (sulfide) groups is 1. The van der Waals surface area contributed by atoms with Crippen molar-refractivity contribution in [2.24, 2.45) is 0 Å². The first-order valence-corrected chi connectivity index (χ1v) is 10.5. The molecule has 1 saturated heterocycles. The Hall–Kier alpha value is -3.14. The Labute approximate surface area is 183 Å². The van der Waals surface area contributed by atoms with Crippen LogP contribution in [-0.4, -0.2) is 58.5 Å². The number of benzene rings is 1. The average Bonchev–Trinajstić information content (AvgIpc) is 3.24. The number of methoxy groups -OCH3 is 1. The smallest absolute Gasteiger partial charge is 0.341 e. The van der Waals surface area contributed by atoms with E-state index in [9.17, 15) is 18.8 Å². The fourth-order valence-electron chi connectivity index (χ4n) is 3.16. The van der Waals surface area contributed by atoms with Gasteiger partial charge in [-0.05, 0) is 44.5 Å². The van der Waals surface area contributed by atoms with E-state index in [4.69, 9.17) is 4.74 Å². The number of aryl methyl sites for hydroxylation is 1. The molecular weight excluding hydrogens is 425 g/mol. The summed E-state index contributed by atoms with van der Waals surface area (Å²) in [5, 5.41) is 4.89. The van der Waals surface area contributed by atoms with E-state index in [1.54, 1.807) is 30.7 Å². The quantitative estimate of drug-likeness (QED) is 0.366. The number of nitrogens with zero attached hydrogens (tertiary/aromatic N) is 3. The SMILES string of the molecule is COC(=O)/C=C1/SCC(=O)N1CCCOC(=O)c1c(C)nn(-c2ccc(F)cc2)c1C. The number of hydrogen-bond acceptors (Lipinski definition) is 7. The van der Waals surface area contributed by atoms with Crippen molar-refractivity contribution in [2.75, 3.05) is 26.0 Å². The summed E-state index contributed by atoms with van der Waals surface area (Å²) in [4.78, 5) is 37.5. The van der Waals surface area contributed by atoms with Gasteiger partial charge in [0, 0.05) is 6.54 Å². The molecule has 3 rings (SSSR count). The molecule has 0 unspecified atom stereocenters. The van der Waals surface area contributed by atoms with Crippen LogP contribution in [0.1, 0.15) is 28.2 Å². The fraction of sp³-hybridized carbons (Fsp3) is 0.333. The molecule has 1 aliphatic heterocycles. The fourth-order valence-corrected chi connectivity index (χ4v) is 4.12. The van der Waals surface area contributed by atoms with E-state index in [2.05, 4.69) is 9.84 Å². The van der Waals surface area contributed by atoms with Crippen LogP contribution in [0.15, 0.2) is 35.4 Å². The molecule has 1 aliphatic rings. The molecule has 1 aromatic heterocycles. The highest BCUT2D eigenvalue weighted by atomic mass is 32.2. The number of hydrogen-bond donors (Lipinski definition) is 0. The molecule has 0 N–H and O–H groups in total. The van der Waals surface area contributed by atoms with Crippen molar-refractivity contribution < 1.29 is 28.2 Å². The lowest BCUT2D eigenvalue weighted by Crippen LogP contribution is -2.27. The van der Waals surface area contributed by atoms with Crippen molar-refractivity contribution >= 4 is 29.6 Å². The summed E-state index contributed by atoms with van der Waals surface area (Å²) in [6.45, 7) is 3.85. The van der Waals surface area contributed by atoms with Gasteiger partial charge in [-0.1, -0.05) is 11.8 Å². The van der Waals surface area contributed by atoms with E-state index in [0.717, 1.165) is 0 Å². The molecule has 31 heavy (non-hydrogen) atoms. The summed E-state index contributed by atoms with van der Waals surface area (Å²) >= 11 is 1.26. The van der Waals surface area contributed by atoms with Crippen LogP contribution in [-0.2, 0) is 19.1 Å². The minimum Gasteiger partial charge on any atom is -0.466 e. The molecule has 0 aliphatic carbocycles. The molecule has 1 fully saturated rings. The van der Waals surface area contributed by atoms with Gasteiger partial charge in [0.2, 0.25) is 5.91 Å². The maximum Gasteiger partial charge on any atom is 0.341 e. The molecule has 164 valence electrons. The van der Waals surface area contributed by atoms with Gasteiger partial charge in [0.25, 0.3) is 0 Å². The predicted molar refractivity (Wildman–Crippen MR) is 112 cm³/mol. The number of ether oxygens (including phenoxy) is 2. The summed E-state index contributed by atoms with van der Waals surface area (Å²) in [5.41, 5.74) is 2.07. The lowest BCUT2D eigenvalue weighted by molar-refractivity contribution is -0.134. The Kier molecular flexibility index (Phi) is 7.11. The highest BCUT2D eigenvalue weighted by molar-refractivity contribution is 8.04. The van der Waals surface area contributed by atoms with Crippen LogP contribution in [0.3, 0.4) is 0 Å². The van der Waals surface area contributed by atoms with Crippen LogP contribution in [0.4, 0.5) is 4.39 Å². The van der Waals surface area contributed by atoms with Gasteiger partial charge in [0.15, 0.2) is 0 Å². The van der Waals surface area contributed by atoms with Crippen molar-refractivity contribution in [3.63, 3.8) is 0 Å². The van der Waals surface area contributed by atoms with Gasteiger partial charge in [-0.3, -0.25) is 4.79 Å². The third-order valence-corrected chi connectivity index (χ3v) is 5.70. The van der Waals surface area contributed by atoms with Crippen molar-refractivity contribution in [3.05, 3.63) is 58.1 Å². The van der Waals surface area contributed by atoms with Crippen LogP contribution in [0.5, 0.6) is 0 Å². The zero-order valence-electron chi connectivity index (χ0n) is 17.4. The van der Waals surface area contributed by atoms with Gasteiger partial charge in [-0.15, -0.1) is 0 Å². The minimum atomic E-state index is -0.530. The minimum absolute atomic E-state index is 0.0966. The van der Waals surface area contributed by atoms with Crippen LogP contribution < -0.4 is 0 Å². The molecule has 2 heterocycles. The van der Waals surface area contributed by atoms with Gasteiger partial charge in [0.05, 0.1) is 47.6 Å². The number of esters is 2. The predicted octanol–water partition coefficient (Wildman–Crippen LogP) is 2.76. The number of amides is 1. The highest BCUT2D eigenvalue weighted by Crippen LogP contribution is 2.29. The Morgan fingerprint density at radius 2 is 1.97 bits per heavy atom. The maximum atomic E-state index is 13.2. The number of aromatic nitrogens is 2. The monoisotopic (exact) mass is 447 g/mol. The molecule has 10 heteroatoms. The Morgan fingerprint density at radius 1 is 1.26 bits per heavy atom. The molecule has 2 aromatic rings. The zero-order valence-corrected chi connectivity index (χ0v) is 18.2. The van der Waals surface area contributed by atoms with E-state index in [0.29, 0.717) is 40.6 Å². The van der Waals surface area contributed by atoms with Gasteiger partial charge in [-0.2, -0.15) is 5.10 Å². The van der Waals surface area contributed by atoms with Crippen LogP contribution in [0, 0.1) is 19.7 Å². The highest BCUT2D eigenvalue weighted by Gasteiger charge is 2.27. The van der Waals surface area contributed by atoms with E-state index < -0.39 is 11.9 Å². The lowest BCUT2D eigenvalue weighted by atomic mass is 10.2. The van der Waals surface area contributed by atoms with Crippen molar-refractivity contribution in [1.82, 2.24) is 14.7 Å².